The molecule has 1 aromatic carbocycles. The molecular weight excluding hydrogens is 275 g/mol. The lowest BCUT2D eigenvalue weighted by molar-refractivity contribution is -0.181. The lowest BCUT2D eigenvalue weighted by Gasteiger charge is -2.21. The van der Waals surface area contributed by atoms with Crippen LogP contribution in [0, 0.1) is 11.3 Å². The number of ketones is 1. The molecule has 1 rings (SSSR count). The number of benzene rings is 1. The van der Waals surface area contributed by atoms with Gasteiger partial charge < -0.3 is 9.47 Å². The molecule has 0 aliphatic heterocycles. The van der Waals surface area contributed by atoms with Gasteiger partial charge in [0.15, 0.2) is 0 Å². The second-order valence-electron chi connectivity index (χ2n) is 3.93. The Balaban J connectivity index is 3.00. The minimum Gasteiger partial charge on any atom is -0.336 e. The molecule has 20 heavy (non-hydrogen) atoms. The molecule has 0 amide bonds. The Hall–Kier alpha value is -1.91. The van der Waals surface area contributed by atoms with Gasteiger partial charge in [0, 0.05) is 20.6 Å². The highest BCUT2D eigenvalue weighted by atomic mass is 19.4. The lowest BCUT2D eigenvalue weighted by atomic mass is 10.0. The van der Waals surface area contributed by atoms with E-state index >= 15 is 0 Å². The Morgan fingerprint density at radius 3 is 2.35 bits per heavy atom. The van der Waals surface area contributed by atoms with Crippen LogP contribution in [-0.2, 0) is 26.9 Å². The van der Waals surface area contributed by atoms with Crippen LogP contribution in [0.25, 0.3) is 0 Å². The number of hydrogen-bond donors (Lipinski definition) is 0. The van der Waals surface area contributed by atoms with E-state index in [9.17, 15) is 18.0 Å². The van der Waals surface area contributed by atoms with E-state index < -0.39 is 29.7 Å². The first-order valence-corrected chi connectivity index (χ1v) is 5.50. The van der Waals surface area contributed by atoms with Crippen molar-refractivity contribution in [3.63, 3.8) is 0 Å². The third-order valence-corrected chi connectivity index (χ3v) is 2.71. The molecule has 0 atom stereocenters. The van der Waals surface area contributed by atoms with E-state index in [0.29, 0.717) is 0 Å². The summed E-state index contributed by atoms with van der Waals surface area (Å²) in [6, 6.07) is 5.87. The maximum absolute atomic E-state index is 12.6. The van der Waals surface area contributed by atoms with Gasteiger partial charge in [0.1, 0.15) is 6.07 Å². The summed E-state index contributed by atoms with van der Waals surface area (Å²) in [7, 11) is 2.22. The van der Waals surface area contributed by atoms with Gasteiger partial charge >= 0.3 is 12.0 Å². The number of alkyl halides is 3. The summed E-state index contributed by atoms with van der Waals surface area (Å²) in [5.74, 6) is -2.88. The van der Waals surface area contributed by atoms with E-state index in [4.69, 9.17) is 14.7 Å². The third-order valence-electron chi connectivity index (χ3n) is 2.71. The average Bonchev–Trinajstić information content (AvgIpc) is 2.41. The fraction of sp³-hybridized carbons (Fsp3) is 0.385. The average molecular weight is 287 g/mol. The molecule has 0 aromatic heterocycles. The Kier molecular flexibility index (Phi) is 4.87. The van der Waals surface area contributed by atoms with Gasteiger partial charge in [-0.05, 0) is 11.6 Å². The molecule has 0 radical (unpaired) electrons. The summed E-state index contributed by atoms with van der Waals surface area (Å²) in [5, 5.41) is 8.91. The van der Waals surface area contributed by atoms with Crippen molar-refractivity contribution in [3.8, 4) is 6.07 Å². The molecule has 0 N–H and O–H groups in total. The number of halogens is 3. The van der Waals surface area contributed by atoms with Crippen molar-refractivity contribution in [2.75, 3.05) is 14.2 Å². The zero-order valence-corrected chi connectivity index (χ0v) is 10.8. The van der Waals surface area contributed by atoms with E-state index in [0.717, 1.165) is 26.4 Å². The van der Waals surface area contributed by atoms with Crippen molar-refractivity contribution in [2.45, 2.75) is 18.4 Å². The van der Waals surface area contributed by atoms with E-state index in [1.54, 1.807) is 6.07 Å². The van der Waals surface area contributed by atoms with E-state index in [-0.39, 0.29) is 5.56 Å². The SMILES string of the molecule is COC(C#N)(OC)C(=O)Cc1cccc(C(F)(F)F)c1. The number of Topliss-reactive ketones (excluding diaryl/α,β-unsaturated/α-hetero) is 1. The summed E-state index contributed by atoms with van der Waals surface area (Å²) in [5.41, 5.74) is -0.737. The highest BCUT2D eigenvalue weighted by molar-refractivity contribution is 5.90. The summed E-state index contributed by atoms with van der Waals surface area (Å²) in [4.78, 5) is 11.9. The molecule has 0 aliphatic carbocycles. The van der Waals surface area contributed by atoms with E-state index in [1.807, 2.05) is 0 Å². The zero-order chi connectivity index (χ0) is 15.4. The minimum atomic E-state index is -4.49. The van der Waals surface area contributed by atoms with Crippen molar-refractivity contribution in [1.82, 2.24) is 0 Å². The number of nitrogens with zero attached hydrogens (tertiary/aromatic N) is 1. The number of methoxy groups -OCH3 is 2. The fourth-order valence-electron chi connectivity index (χ4n) is 1.62. The van der Waals surface area contributed by atoms with Crippen LogP contribution < -0.4 is 0 Å². The van der Waals surface area contributed by atoms with Gasteiger partial charge in [-0.25, -0.2) is 0 Å². The van der Waals surface area contributed by atoms with Crippen LogP contribution in [0.1, 0.15) is 11.1 Å². The molecule has 0 aliphatic rings. The summed E-state index contributed by atoms with van der Waals surface area (Å²) in [6.07, 6.45) is -4.90. The van der Waals surface area contributed by atoms with Gasteiger partial charge in [0.05, 0.1) is 5.56 Å². The van der Waals surface area contributed by atoms with Crippen LogP contribution in [0.3, 0.4) is 0 Å². The summed E-state index contributed by atoms with van der Waals surface area (Å²) >= 11 is 0. The lowest BCUT2D eigenvalue weighted by Crippen LogP contribution is -2.42. The van der Waals surface area contributed by atoms with Gasteiger partial charge in [-0.1, -0.05) is 18.2 Å². The van der Waals surface area contributed by atoms with Gasteiger partial charge in [0.2, 0.25) is 5.78 Å². The van der Waals surface area contributed by atoms with Crippen LogP contribution in [0.5, 0.6) is 0 Å². The predicted octanol–water partition coefficient (Wildman–Crippen LogP) is 2.33. The van der Waals surface area contributed by atoms with Crippen LogP contribution in [0.15, 0.2) is 24.3 Å². The predicted molar refractivity (Wildman–Crippen MR) is 62.5 cm³/mol. The molecule has 0 fully saturated rings. The standard InChI is InChI=1S/C13H12F3NO3/c1-19-12(8-17,20-2)11(18)7-9-4-3-5-10(6-9)13(14,15)16/h3-6H,7H2,1-2H3. The monoisotopic (exact) mass is 287 g/mol. The molecule has 0 heterocycles. The maximum atomic E-state index is 12.6. The largest absolute Gasteiger partial charge is 0.416 e. The number of nitriles is 1. The third kappa shape index (κ3) is 3.35. The van der Waals surface area contributed by atoms with Crippen LogP contribution in [-0.4, -0.2) is 25.8 Å². The van der Waals surface area contributed by atoms with Gasteiger partial charge in [-0.2, -0.15) is 18.4 Å². The highest BCUT2D eigenvalue weighted by Crippen LogP contribution is 2.30. The van der Waals surface area contributed by atoms with E-state index in [2.05, 4.69) is 0 Å². The first-order valence-electron chi connectivity index (χ1n) is 5.50. The van der Waals surface area contributed by atoms with E-state index in [1.165, 1.54) is 12.1 Å². The Labute approximate surface area is 113 Å². The van der Waals surface area contributed by atoms with Crippen molar-refractivity contribution in [2.24, 2.45) is 0 Å². The molecular formula is C13H12F3NO3. The van der Waals surface area contributed by atoms with Gasteiger partial charge in [-0.3, -0.25) is 4.79 Å². The van der Waals surface area contributed by atoms with Crippen molar-refractivity contribution < 1.29 is 27.4 Å². The molecule has 7 heteroatoms. The quantitative estimate of drug-likeness (QED) is 0.780. The molecule has 0 bridgehead atoms. The molecule has 0 unspecified atom stereocenters. The zero-order valence-electron chi connectivity index (χ0n) is 10.8. The van der Waals surface area contributed by atoms with Crippen LogP contribution in [0.2, 0.25) is 0 Å². The molecule has 0 saturated carbocycles. The Bertz CT molecular complexity index is 530. The van der Waals surface area contributed by atoms with Crippen LogP contribution >= 0.6 is 0 Å². The fourth-order valence-corrected chi connectivity index (χ4v) is 1.62. The summed E-state index contributed by atoms with van der Waals surface area (Å²) < 4.78 is 47.1. The first-order chi connectivity index (χ1) is 9.29. The van der Waals surface area contributed by atoms with Gasteiger partial charge in [-0.15, -0.1) is 0 Å². The number of carbonyl (C=O) groups excluding carboxylic acids is 1. The van der Waals surface area contributed by atoms with Crippen molar-refractivity contribution in [1.29, 1.82) is 5.26 Å². The summed E-state index contributed by atoms with van der Waals surface area (Å²) in [6.45, 7) is 0. The maximum Gasteiger partial charge on any atom is 0.416 e. The van der Waals surface area contributed by atoms with Crippen molar-refractivity contribution in [3.05, 3.63) is 35.4 Å². The highest BCUT2D eigenvalue weighted by Gasteiger charge is 2.39. The minimum absolute atomic E-state index is 0.124. The Morgan fingerprint density at radius 2 is 1.90 bits per heavy atom. The van der Waals surface area contributed by atoms with Gasteiger partial charge in [0.25, 0.3) is 0 Å². The number of rotatable bonds is 5. The second kappa shape index (κ2) is 6.03. The smallest absolute Gasteiger partial charge is 0.336 e. The second-order valence-corrected chi connectivity index (χ2v) is 3.93. The topological polar surface area (TPSA) is 59.3 Å². The molecule has 108 valence electrons. The molecule has 0 spiro atoms. The van der Waals surface area contributed by atoms with Crippen LogP contribution in [0.4, 0.5) is 13.2 Å². The number of ether oxygens (including phenoxy) is 2. The molecule has 1 aromatic rings. The number of hydrogen-bond acceptors (Lipinski definition) is 4. The molecule has 4 nitrogen and oxygen atoms in total. The van der Waals surface area contributed by atoms with Crippen molar-refractivity contribution >= 4 is 5.78 Å². The number of carbonyl (C=O) groups is 1. The molecule has 0 saturated heterocycles. The Morgan fingerprint density at radius 1 is 1.30 bits per heavy atom. The normalized spacial score (nSPS) is 12.0. The first kappa shape index (κ1) is 16.1.